The molecule has 0 aliphatic heterocycles. The number of aliphatic hydroxyl groups is 1. The molecule has 4 nitrogen and oxygen atoms in total. The lowest BCUT2D eigenvalue weighted by atomic mass is 9.95. The zero-order chi connectivity index (χ0) is 15.3. The van der Waals surface area contributed by atoms with Gasteiger partial charge in [0.1, 0.15) is 0 Å². The van der Waals surface area contributed by atoms with Crippen molar-refractivity contribution in [3.05, 3.63) is 15.9 Å². The van der Waals surface area contributed by atoms with E-state index in [9.17, 15) is 5.11 Å². The Hall–Kier alpha value is -0.390. The molecule has 1 unspecified atom stereocenters. The minimum Gasteiger partial charge on any atom is -0.390 e. The van der Waals surface area contributed by atoms with Crippen LogP contribution in [-0.4, -0.2) is 33.6 Å². The molecule has 1 aromatic heterocycles. The molecule has 0 amide bonds. The Labute approximate surface area is 131 Å². The van der Waals surface area contributed by atoms with Crippen LogP contribution in [0.15, 0.2) is 4.47 Å². The zero-order valence-electron chi connectivity index (χ0n) is 13.3. The van der Waals surface area contributed by atoms with Crippen LogP contribution >= 0.6 is 15.9 Å². The van der Waals surface area contributed by atoms with Crippen molar-refractivity contribution >= 4 is 15.9 Å². The molecule has 5 heteroatoms. The van der Waals surface area contributed by atoms with Gasteiger partial charge < -0.3 is 10.4 Å². The van der Waals surface area contributed by atoms with Crippen LogP contribution in [0.1, 0.15) is 45.5 Å². The predicted molar refractivity (Wildman–Crippen MR) is 86.9 cm³/mol. The molecule has 2 N–H and O–H groups in total. The number of halogens is 1. The highest BCUT2D eigenvalue weighted by atomic mass is 79.9. The first-order valence-electron chi connectivity index (χ1n) is 7.40. The van der Waals surface area contributed by atoms with Gasteiger partial charge in [0.05, 0.1) is 21.5 Å². The van der Waals surface area contributed by atoms with Crippen molar-refractivity contribution in [3.8, 4) is 0 Å². The minimum atomic E-state index is -0.717. The van der Waals surface area contributed by atoms with Gasteiger partial charge in [0.15, 0.2) is 0 Å². The lowest BCUT2D eigenvalue weighted by molar-refractivity contribution is 0.0493. The van der Waals surface area contributed by atoms with E-state index in [4.69, 9.17) is 0 Å². The summed E-state index contributed by atoms with van der Waals surface area (Å²) < 4.78 is 2.91. The molecule has 0 saturated carbocycles. The van der Waals surface area contributed by atoms with Crippen molar-refractivity contribution in [3.63, 3.8) is 0 Å². The van der Waals surface area contributed by atoms with Crippen molar-refractivity contribution in [2.45, 2.75) is 52.6 Å². The van der Waals surface area contributed by atoms with Gasteiger partial charge in [-0.3, -0.25) is 4.68 Å². The Morgan fingerprint density at radius 3 is 2.60 bits per heavy atom. The van der Waals surface area contributed by atoms with Crippen molar-refractivity contribution in [2.24, 2.45) is 13.0 Å². The van der Waals surface area contributed by atoms with Crippen molar-refractivity contribution in [2.75, 3.05) is 13.1 Å². The van der Waals surface area contributed by atoms with E-state index in [1.807, 2.05) is 18.7 Å². The number of nitrogens with zero attached hydrogens (tertiary/aromatic N) is 2. The van der Waals surface area contributed by atoms with Crippen molar-refractivity contribution < 1.29 is 5.11 Å². The highest BCUT2D eigenvalue weighted by molar-refractivity contribution is 9.10. The minimum absolute atomic E-state index is 0.612. The number of rotatable bonds is 8. The maximum absolute atomic E-state index is 10.6. The molecular weight excluding hydrogens is 318 g/mol. The third-order valence-electron chi connectivity index (χ3n) is 3.44. The van der Waals surface area contributed by atoms with E-state index in [1.165, 1.54) is 0 Å². The largest absolute Gasteiger partial charge is 0.390 e. The summed E-state index contributed by atoms with van der Waals surface area (Å²) in [6, 6.07) is 0. The first kappa shape index (κ1) is 17.7. The lowest BCUT2D eigenvalue weighted by Gasteiger charge is -2.24. The molecule has 0 aromatic carbocycles. The fourth-order valence-corrected chi connectivity index (χ4v) is 2.97. The second kappa shape index (κ2) is 7.57. The van der Waals surface area contributed by atoms with Crippen LogP contribution in [0.2, 0.25) is 0 Å². The molecule has 0 aliphatic rings. The predicted octanol–water partition coefficient (Wildman–Crippen LogP) is 2.67. The normalized spacial score (nSPS) is 14.8. The highest BCUT2D eigenvalue weighted by Gasteiger charge is 2.25. The standard InChI is InChI=1S/C15H28BrN3O/c1-6-12-14(16)13(19(5)18-12)9-15(4,20)7-8-17-10-11(2)3/h11,17,20H,6-10H2,1-5H3. The summed E-state index contributed by atoms with van der Waals surface area (Å²) in [5.41, 5.74) is 1.40. The van der Waals surface area contributed by atoms with Crippen LogP contribution in [0.5, 0.6) is 0 Å². The van der Waals surface area contributed by atoms with E-state index < -0.39 is 5.60 Å². The summed E-state index contributed by atoms with van der Waals surface area (Å²) >= 11 is 3.61. The third-order valence-corrected chi connectivity index (χ3v) is 4.36. The van der Waals surface area contributed by atoms with Crippen LogP contribution in [-0.2, 0) is 19.9 Å². The van der Waals surface area contributed by atoms with Gasteiger partial charge in [-0.25, -0.2) is 0 Å². The van der Waals surface area contributed by atoms with Gasteiger partial charge in [0.25, 0.3) is 0 Å². The van der Waals surface area contributed by atoms with Crippen molar-refractivity contribution in [1.82, 2.24) is 15.1 Å². The van der Waals surface area contributed by atoms with Gasteiger partial charge in [-0.1, -0.05) is 20.8 Å². The zero-order valence-corrected chi connectivity index (χ0v) is 14.9. The van der Waals surface area contributed by atoms with Gasteiger partial charge in [-0.05, 0) is 54.7 Å². The monoisotopic (exact) mass is 345 g/mol. The van der Waals surface area contributed by atoms with Gasteiger partial charge in [0, 0.05) is 13.5 Å². The maximum atomic E-state index is 10.6. The van der Waals surface area contributed by atoms with E-state index in [-0.39, 0.29) is 0 Å². The van der Waals surface area contributed by atoms with E-state index in [0.717, 1.165) is 41.8 Å². The lowest BCUT2D eigenvalue weighted by Crippen LogP contribution is -2.34. The van der Waals surface area contributed by atoms with E-state index in [2.05, 4.69) is 47.1 Å². The number of aromatic nitrogens is 2. The average Bonchev–Trinajstić information content (AvgIpc) is 2.61. The van der Waals surface area contributed by atoms with Crippen LogP contribution in [0.25, 0.3) is 0 Å². The second-order valence-electron chi connectivity index (χ2n) is 6.21. The molecule has 0 saturated heterocycles. The Morgan fingerprint density at radius 1 is 1.45 bits per heavy atom. The summed E-state index contributed by atoms with van der Waals surface area (Å²) in [5, 5.41) is 18.4. The Balaban J connectivity index is 2.59. The van der Waals surface area contributed by atoms with Gasteiger partial charge in [-0.15, -0.1) is 0 Å². The first-order valence-corrected chi connectivity index (χ1v) is 8.19. The maximum Gasteiger partial charge on any atom is 0.0766 e. The van der Waals surface area contributed by atoms with Crippen molar-refractivity contribution in [1.29, 1.82) is 0 Å². The van der Waals surface area contributed by atoms with Crippen LogP contribution in [0, 0.1) is 5.92 Å². The van der Waals surface area contributed by atoms with E-state index in [1.54, 1.807) is 0 Å². The molecule has 0 spiro atoms. The summed E-state index contributed by atoms with van der Waals surface area (Å²) in [7, 11) is 1.94. The molecule has 116 valence electrons. The number of aryl methyl sites for hydroxylation is 2. The fraction of sp³-hybridized carbons (Fsp3) is 0.800. The van der Waals surface area contributed by atoms with Gasteiger partial charge in [0.2, 0.25) is 0 Å². The second-order valence-corrected chi connectivity index (χ2v) is 7.00. The molecule has 1 aromatic rings. The smallest absolute Gasteiger partial charge is 0.0766 e. The molecule has 1 rings (SSSR count). The van der Waals surface area contributed by atoms with Crippen LogP contribution < -0.4 is 5.32 Å². The highest BCUT2D eigenvalue weighted by Crippen LogP contribution is 2.26. The van der Waals surface area contributed by atoms with Crippen LogP contribution in [0.3, 0.4) is 0 Å². The molecule has 0 fully saturated rings. The van der Waals surface area contributed by atoms with Gasteiger partial charge in [-0.2, -0.15) is 5.10 Å². The molecule has 0 radical (unpaired) electrons. The SMILES string of the molecule is CCc1nn(C)c(CC(C)(O)CCNCC(C)C)c1Br. The number of hydrogen-bond acceptors (Lipinski definition) is 3. The quantitative estimate of drug-likeness (QED) is 0.712. The number of nitrogens with one attached hydrogen (secondary N) is 1. The summed E-state index contributed by atoms with van der Waals surface area (Å²) in [6.07, 6.45) is 2.24. The first-order chi connectivity index (χ1) is 9.26. The average molecular weight is 346 g/mol. The Bertz CT molecular complexity index is 427. The fourth-order valence-electron chi connectivity index (χ4n) is 2.21. The van der Waals surface area contributed by atoms with Crippen LogP contribution in [0.4, 0.5) is 0 Å². The summed E-state index contributed by atoms with van der Waals surface area (Å²) in [4.78, 5) is 0. The Morgan fingerprint density at radius 2 is 2.10 bits per heavy atom. The number of hydrogen-bond donors (Lipinski definition) is 2. The topological polar surface area (TPSA) is 50.1 Å². The summed E-state index contributed by atoms with van der Waals surface area (Å²) in [5.74, 6) is 0.637. The molecular formula is C15H28BrN3O. The Kier molecular flexibility index (Phi) is 6.69. The van der Waals surface area contributed by atoms with E-state index >= 15 is 0 Å². The molecule has 0 aliphatic carbocycles. The van der Waals surface area contributed by atoms with E-state index in [0.29, 0.717) is 12.3 Å². The molecule has 1 heterocycles. The summed E-state index contributed by atoms with van der Waals surface area (Å²) in [6.45, 7) is 10.2. The molecule has 1 atom stereocenters. The molecule has 0 bridgehead atoms. The third kappa shape index (κ3) is 5.19. The van der Waals surface area contributed by atoms with Gasteiger partial charge >= 0.3 is 0 Å². The molecule has 20 heavy (non-hydrogen) atoms.